The van der Waals surface area contributed by atoms with Crippen molar-refractivity contribution in [2.24, 2.45) is 0 Å². The Bertz CT molecular complexity index is 143. The summed E-state index contributed by atoms with van der Waals surface area (Å²) in [5.74, 6) is 0. The summed E-state index contributed by atoms with van der Waals surface area (Å²) in [5, 5.41) is 0. The van der Waals surface area contributed by atoms with Crippen LogP contribution in [-0.4, -0.2) is 17.6 Å². The molecule has 1 heteroatoms. The van der Waals surface area contributed by atoms with Gasteiger partial charge in [0, 0.05) is 0 Å². The van der Waals surface area contributed by atoms with E-state index in [1.54, 1.807) is 0 Å². The molecule has 0 amide bonds. The quantitative estimate of drug-likeness (QED) is 0.531. The molecule has 0 unspecified atom stereocenters. The first-order chi connectivity index (χ1) is 5.00. The van der Waals surface area contributed by atoms with Crippen LogP contribution in [0.25, 0.3) is 0 Å². The molecule has 0 aromatic carbocycles. The van der Waals surface area contributed by atoms with Gasteiger partial charge in [-0.05, 0) is 12.8 Å². The molecule has 0 aromatic heterocycles. The Morgan fingerprint density at radius 2 is 0.818 bits per heavy atom. The van der Waals surface area contributed by atoms with Crippen molar-refractivity contribution in [3.05, 3.63) is 48.6 Å². The number of hydrogen-bond donors (Lipinski definition) is 0. The van der Waals surface area contributed by atoms with Crippen LogP contribution in [0.15, 0.2) is 48.6 Å². The first-order valence-electron chi connectivity index (χ1n) is 3.63. The minimum atomic E-state index is 0. The first-order valence-corrected chi connectivity index (χ1v) is 3.63. The van der Waals surface area contributed by atoms with E-state index in [1.165, 1.54) is 0 Å². The molecular formula is C10H16Ge. The molecule has 0 aromatic rings. The van der Waals surface area contributed by atoms with Crippen molar-refractivity contribution in [1.29, 1.82) is 0 Å². The molecule has 0 fully saturated rings. The molecule has 0 spiro atoms. The predicted octanol–water partition coefficient (Wildman–Crippen LogP) is 1.55. The van der Waals surface area contributed by atoms with Gasteiger partial charge in [-0.15, -0.1) is 0 Å². The van der Waals surface area contributed by atoms with Crippen LogP contribution in [0.2, 0.25) is 0 Å². The molecule has 0 atom stereocenters. The van der Waals surface area contributed by atoms with Gasteiger partial charge >= 0.3 is 17.6 Å². The van der Waals surface area contributed by atoms with Crippen LogP contribution in [0, 0.1) is 0 Å². The summed E-state index contributed by atoms with van der Waals surface area (Å²) < 4.78 is 0. The molecule has 0 aliphatic heterocycles. The summed E-state index contributed by atoms with van der Waals surface area (Å²) in [6.07, 6.45) is 19.0. The zero-order valence-corrected chi connectivity index (χ0v) is 6.03. The maximum atomic E-state index is 2.12. The van der Waals surface area contributed by atoms with Gasteiger partial charge in [0.15, 0.2) is 0 Å². The van der Waals surface area contributed by atoms with E-state index in [1.807, 2.05) is 0 Å². The predicted molar refractivity (Wildman–Crippen MR) is 57.1 cm³/mol. The van der Waals surface area contributed by atoms with E-state index in [0.29, 0.717) is 0 Å². The molecule has 2 rings (SSSR count). The van der Waals surface area contributed by atoms with Gasteiger partial charge in [-0.1, -0.05) is 48.6 Å². The SMILES string of the molecule is C1=CCC=C1.C1=CCC=C1.[GeH4]. The van der Waals surface area contributed by atoms with Crippen molar-refractivity contribution in [2.45, 2.75) is 12.8 Å². The zero-order chi connectivity index (χ0) is 7.07. The van der Waals surface area contributed by atoms with E-state index in [-0.39, 0.29) is 17.6 Å². The fraction of sp³-hybridized carbons (Fsp3) is 0.200. The molecule has 2 aliphatic rings. The van der Waals surface area contributed by atoms with Crippen LogP contribution >= 0.6 is 0 Å². The van der Waals surface area contributed by atoms with Gasteiger partial charge in [0.2, 0.25) is 0 Å². The van der Waals surface area contributed by atoms with Gasteiger partial charge in [0.25, 0.3) is 0 Å². The average Bonchev–Trinajstić information content (AvgIpc) is 2.67. The van der Waals surface area contributed by atoms with Crippen LogP contribution in [0.1, 0.15) is 12.8 Å². The maximum absolute atomic E-state index is 2.12. The van der Waals surface area contributed by atoms with E-state index in [2.05, 4.69) is 48.6 Å². The van der Waals surface area contributed by atoms with Crippen molar-refractivity contribution in [1.82, 2.24) is 0 Å². The topological polar surface area (TPSA) is 0 Å². The Labute approximate surface area is 79.4 Å². The van der Waals surface area contributed by atoms with Gasteiger partial charge < -0.3 is 0 Å². The molecule has 0 saturated carbocycles. The second kappa shape index (κ2) is 7.61. The fourth-order valence-corrected chi connectivity index (χ4v) is 0.786. The van der Waals surface area contributed by atoms with E-state index in [9.17, 15) is 0 Å². The van der Waals surface area contributed by atoms with Crippen molar-refractivity contribution in [2.75, 3.05) is 0 Å². The Morgan fingerprint density at radius 3 is 0.909 bits per heavy atom. The number of allylic oxidation sites excluding steroid dienone is 8. The normalized spacial score (nSPS) is 16.0. The standard InChI is InChI=1S/2C5H6.GeH4/c2*1-2-4-5-3-1;/h2*1-4H,5H2;1H4. The van der Waals surface area contributed by atoms with Crippen molar-refractivity contribution in [3.63, 3.8) is 0 Å². The second-order valence-corrected chi connectivity index (χ2v) is 2.18. The molecule has 11 heavy (non-hydrogen) atoms. The average molecular weight is 209 g/mol. The summed E-state index contributed by atoms with van der Waals surface area (Å²) in [6.45, 7) is 0. The van der Waals surface area contributed by atoms with E-state index >= 15 is 0 Å². The van der Waals surface area contributed by atoms with Crippen LogP contribution in [0.5, 0.6) is 0 Å². The third kappa shape index (κ3) is 5.92. The van der Waals surface area contributed by atoms with Crippen LogP contribution in [-0.2, 0) is 0 Å². The molecule has 0 nitrogen and oxygen atoms in total. The molecular weight excluding hydrogens is 193 g/mol. The van der Waals surface area contributed by atoms with Crippen molar-refractivity contribution >= 4 is 17.6 Å². The Hall–Kier alpha value is -0.497. The molecule has 0 radical (unpaired) electrons. The van der Waals surface area contributed by atoms with Crippen LogP contribution in [0.4, 0.5) is 0 Å². The monoisotopic (exact) mass is 210 g/mol. The fourth-order valence-electron chi connectivity index (χ4n) is 0.786. The minimum absolute atomic E-state index is 0. The summed E-state index contributed by atoms with van der Waals surface area (Å²) in [5.41, 5.74) is 0. The van der Waals surface area contributed by atoms with Crippen LogP contribution < -0.4 is 0 Å². The number of rotatable bonds is 0. The van der Waals surface area contributed by atoms with E-state index in [0.717, 1.165) is 12.8 Å². The van der Waals surface area contributed by atoms with Gasteiger partial charge in [0.05, 0.1) is 0 Å². The van der Waals surface area contributed by atoms with Crippen molar-refractivity contribution < 1.29 is 0 Å². The number of hydrogen-bond acceptors (Lipinski definition) is 0. The van der Waals surface area contributed by atoms with Gasteiger partial charge in [-0.25, -0.2) is 0 Å². The third-order valence-corrected chi connectivity index (χ3v) is 1.31. The van der Waals surface area contributed by atoms with E-state index in [4.69, 9.17) is 0 Å². The summed E-state index contributed by atoms with van der Waals surface area (Å²) in [6, 6.07) is 0. The summed E-state index contributed by atoms with van der Waals surface area (Å²) >= 11 is 0. The second-order valence-electron chi connectivity index (χ2n) is 2.18. The Kier molecular flexibility index (Phi) is 7.26. The van der Waals surface area contributed by atoms with Gasteiger partial charge in [-0.3, -0.25) is 0 Å². The molecule has 0 heterocycles. The molecule has 0 saturated heterocycles. The third-order valence-electron chi connectivity index (χ3n) is 1.31. The Morgan fingerprint density at radius 1 is 0.545 bits per heavy atom. The zero-order valence-electron chi connectivity index (χ0n) is 6.03. The molecule has 60 valence electrons. The van der Waals surface area contributed by atoms with Crippen LogP contribution in [0.3, 0.4) is 0 Å². The van der Waals surface area contributed by atoms with E-state index < -0.39 is 0 Å². The van der Waals surface area contributed by atoms with Gasteiger partial charge in [-0.2, -0.15) is 0 Å². The Balaban J connectivity index is 0.000000167. The van der Waals surface area contributed by atoms with Gasteiger partial charge in [0.1, 0.15) is 0 Å². The molecule has 0 N–H and O–H groups in total. The molecule has 2 aliphatic carbocycles. The van der Waals surface area contributed by atoms with Crippen molar-refractivity contribution in [3.8, 4) is 0 Å². The summed E-state index contributed by atoms with van der Waals surface area (Å²) in [4.78, 5) is 0. The first kappa shape index (κ1) is 10.5. The summed E-state index contributed by atoms with van der Waals surface area (Å²) in [7, 11) is 0. The molecule has 0 bridgehead atoms.